The number of carbonyl (C=O) groups excluding carboxylic acids is 1. The second kappa shape index (κ2) is 5.19. The third kappa shape index (κ3) is 2.31. The predicted molar refractivity (Wildman–Crippen MR) is 75.2 cm³/mol. The van der Waals surface area contributed by atoms with Gasteiger partial charge in [0.1, 0.15) is 5.82 Å². The maximum absolute atomic E-state index is 11.0. The number of hydrogen-bond acceptors (Lipinski definition) is 3. The van der Waals surface area contributed by atoms with E-state index in [0.717, 1.165) is 44.7 Å². The SMILES string of the molecule is Cc1cc([C@H]2CCCN2C=O)cnc1N1CCCC1. The molecule has 2 aliphatic heterocycles. The summed E-state index contributed by atoms with van der Waals surface area (Å²) in [7, 11) is 0. The van der Waals surface area contributed by atoms with Crippen LogP contribution in [0.25, 0.3) is 0 Å². The van der Waals surface area contributed by atoms with E-state index in [1.54, 1.807) is 0 Å². The van der Waals surface area contributed by atoms with Gasteiger partial charge < -0.3 is 9.80 Å². The van der Waals surface area contributed by atoms with Gasteiger partial charge >= 0.3 is 0 Å². The molecule has 1 amide bonds. The van der Waals surface area contributed by atoms with Gasteiger partial charge in [0.15, 0.2) is 0 Å². The fraction of sp³-hybridized carbons (Fsp3) is 0.600. The molecule has 4 heteroatoms. The van der Waals surface area contributed by atoms with E-state index in [4.69, 9.17) is 0 Å². The number of aromatic nitrogens is 1. The summed E-state index contributed by atoms with van der Waals surface area (Å²) in [4.78, 5) is 20.0. The molecule has 0 N–H and O–H groups in total. The average Bonchev–Trinajstić information content (AvgIpc) is 3.09. The van der Waals surface area contributed by atoms with E-state index >= 15 is 0 Å². The maximum Gasteiger partial charge on any atom is 0.210 e. The Bertz CT molecular complexity index is 468. The zero-order valence-electron chi connectivity index (χ0n) is 11.5. The minimum atomic E-state index is 0.233. The van der Waals surface area contributed by atoms with Crippen molar-refractivity contribution in [2.75, 3.05) is 24.5 Å². The highest BCUT2D eigenvalue weighted by Gasteiger charge is 2.25. The van der Waals surface area contributed by atoms with Crippen molar-refractivity contribution >= 4 is 12.2 Å². The van der Waals surface area contributed by atoms with E-state index < -0.39 is 0 Å². The van der Waals surface area contributed by atoms with Crippen molar-refractivity contribution in [2.45, 2.75) is 38.6 Å². The molecule has 1 aromatic heterocycles. The second-order valence-corrected chi connectivity index (χ2v) is 5.60. The summed E-state index contributed by atoms with van der Waals surface area (Å²) >= 11 is 0. The number of hydrogen-bond donors (Lipinski definition) is 0. The van der Waals surface area contributed by atoms with Crippen molar-refractivity contribution < 1.29 is 4.79 Å². The molecule has 2 fully saturated rings. The first-order valence-electron chi connectivity index (χ1n) is 7.22. The predicted octanol–water partition coefficient (Wildman–Crippen LogP) is 2.28. The lowest BCUT2D eigenvalue weighted by Gasteiger charge is -2.23. The van der Waals surface area contributed by atoms with E-state index in [-0.39, 0.29) is 6.04 Å². The van der Waals surface area contributed by atoms with Crippen LogP contribution < -0.4 is 4.90 Å². The maximum atomic E-state index is 11.0. The Labute approximate surface area is 114 Å². The second-order valence-electron chi connectivity index (χ2n) is 5.60. The van der Waals surface area contributed by atoms with Crippen LogP contribution in [0.15, 0.2) is 12.3 Å². The van der Waals surface area contributed by atoms with E-state index in [0.29, 0.717) is 0 Å². The van der Waals surface area contributed by atoms with E-state index in [1.807, 2.05) is 11.1 Å². The molecule has 0 radical (unpaired) electrons. The number of likely N-dealkylation sites (tertiary alicyclic amines) is 1. The molecular weight excluding hydrogens is 238 g/mol. The quantitative estimate of drug-likeness (QED) is 0.781. The standard InChI is InChI=1S/C15H21N3O/c1-12-9-13(14-5-4-8-18(14)11-19)10-16-15(12)17-6-2-3-7-17/h9-11,14H,2-8H2,1H3/t14-/m1/s1. The third-order valence-electron chi connectivity index (χ3n) is 4.29. The summed E-state index contributed by atoms with van der Waals surface area (Å²) in [5.74, 6) is 1.12. The lowest BCUT2D eigenvalue weighted by atomic mass is 10.0. The molecule has 2 saturated heterocycles. The molecule has 0 aliphatic carbocycles. The van der Waals surface area contributed by atoms with Gasteiger partial charge in [-0.25, -0.2) is 4.98 Å². The molecule has 0 saturated carbocycles. The zero-order valence-corrected chi connectivity index (χ0v) is 11.5. The van der Waals surface area contributed by atoms with Crippen molar-refractivity contribution in [1.82, 2.24) is 9.88 Å². The van der Waals surface area contributed by atoms with Gasteiger partial charge in [-0.05, 0) is 49.8 Å². The molecule has 0 aromatic carbocycles. The summed E-state index contributed by atoms with van der Waals surface area (Å²) in [6.45, 7) is 5.25. The number of aryl methyl sites for hydroxylation is 1. The molecule has 19 heavy (non-hydrogen) atoms. The molecule has 1 aromatic rings. The van der Waals surface area contributed by atoms with Gasteiger partial charge in [-0.2, -0.15) is 0 Å². The molecule has 1 atom stereocenters. The van der Waals surface area contributed by atoms with Gasteiger partial charge in [0.2, 0.25) is 6.41 Å². The number of amides is 1. The molecule has 4 nitrogen and oxygen atoms in total. The van der Waals surface area contributed by atoms with Crippen LogP contribution in [0.5, 0.6) is 0 Å². The highest BCUT2D eigenvalue weighted by Crippen LogP contribution is 2.32. The van der Waals surface area contributed by atoms with Gasteiger partial charge in [-0.1, -0.05) is 0 Å². The molecule has 3 heterocycles. The van der Waals surface area contributed by atoms with Crippen LogP contribution in [0.2, 0.25) is 0 Å². The Hall–Kier alpha value is -1.58. The summed E-state index contributed by atoms with van der Waals surface area (Å²) in [6, 6.07) is 2.45. The Kier molecular flexibility index (Phi) is 3.40. The first-order chi connectivity index (χ1) is 9.29. The molecule has 102 valence electrons. The van der Waals surface area contributed by atoms with Gasteiger partial charge in [-0.15, -0.1) is 0 Å². The number of anilines is 1. The van der Waals surface area contributed by atoms with E-state index in [9.17, 15) is 4.79 Å². The van der Waals surface area contributed by atoms with Crippen LogP contribution in [-0.4, -0.2) is 35.9 Å². The van der Waals surface area contributed by atoms with Gasteiger partial charge in [-0.3, -0.25) is 4.79 Å². The Morgan fingerprint density at radius 1 is 1.26 bits per heavy atom. The topological polar surface area (TPSA) is 36.4 Å². The Morgan fingerprint density at radius 2 is 2.05 bits per heavy atom. The minimum absolute atomic E-state index is 0.233. The Morgan fingerprint density at radius 3 is 2.74 bits per heavy atom. The smallest absolute Gasteiger partial charge is 0.210 e. The van der Waals surface area contributed by atoms with E-state index in [2.05, 4.69) is 22.9 Å². The Balaban J connectivity index is 1.84. The monoisotopic (exact) mass is 259 g/mol. The summed E-state index contributed by atoms with van der Waals surface area (Å²) in [6.07, 6.45) is 7.63. The van der Waals surface area contributed by atoms with Crippen molar-refractivity contribution in [3.63, 3.8) is 0 Å². The van der Waals surface area contributed by atoms with Crippen molar-refractivity contribution in [1.29, 1.82) is 0 Å². The molecule has 0 spiro atoms. The largest absolute Gasteiger partial charge is 0.356 e. The lowest BCUT2D eigenvalue weighted by Crippen LogP contribution is -2.23. The molecule has 2 aliphatic rings. The number of carbonyl (C=O) groups is 1. The van der Waals surface area contributed by atoms with Crippen LogP contribution in [0.1, 0.15) is 42.9 Å². The van der Waals surface area contributed by atoms with Crippen LogP contribution in [0, 0.1) is 6.92 Å². The van der Waals surface area contributed by atoms with Crippen LogP contribution in [0.4, 0.5) is 5.82 Å². The summed E-state index contributed by atoms with van der Waals surface area (Å²) in [5, 5.41) is 0. The zero-order chi connectivity index (χ0) is 13.2. The van der Waals surface area contributed by atoms with Gasteiger partial charge in [0.25, 0.3) is 0 Å². The average molecular weight is 259 g/mol. The first kappa shape index (κ1) is 12.5. The van der Waals surface area contributed by atoms with Crippen LogP contribution >= 0.6 is 0 Å². The van der Waals surface area contributed by atoms with E-state index in [1.165, 1.54) is 24.0 Å². The summed E-state index contributed by atoms with van der Waals surface area (Å²) < 4.78 is 0. The van der Waals surface area contributed by atoms with Crippen molar-refractivity contribution in [3.8, 4) is 0 Å². The fourth-order valence-corrected chi connectivity index (χ4v) is 3.30. The van der Waals surface area contributed by atoms with Crippen molar-refractivity contribution in [3.05, 3.63) is 23.4 Å². The van der Waals surface area contributed by atoms with Crippen LogP contribution in [-0.2, 0) is 4.79 Å². The summed E-state index contributed by atoms with van der Waals surface area (Å²) in [5.41, 5.74) is 2.42. The minimum Gasteiger partial charge on any atom is -0.356 e. The molecule has 0 bridgehead atoms. The van der Waals surface area contributed by atoms with Crippen LogP contribution in [0.3, 0.4) is 0 Å². The van der Waals surface area contributed by atoms with Gasteiger partial charge in [0, 0.05) is 25.8 Å². The van der Waals surface area contributed by atoms with Gasteiger partial charge in [0.05, 0.1) is 6.04 Å². The fourth-order valence-electron chi connectivity index (χ4n) is 3.30. The number of rotatable bonds is 3. The number of pyridine rings is 1. The highest BCUT2D eigenvalue weighted by molar-refractivity contribution is 5.52. The molecular formula is C15H21N3O. The number of nitrogens with zero attached hydrogens (tertiary/aromatic N) is 3. The molecule has 3 rings (SSSR count). The molecule has 0 unspecified atom stereocenters. The lowest BCUT2D eigenvalue weighted by molar-refractivity contribution is -0.118. The van der Waals surface area contributed by atoms with Crippen molar-refractivity contribution in [2.24, 2.45) is 0 Å². The third-order valence-corrected chi connectivity index (χ3v) is 4.29. The highest BCUT2D eigenvalue weighted by atomic mass is 16.1. The normalized spacial score (nSPS) is 23.1. The first-order valence-corrected chi connectivity index (χ1v) is 7.22.